The molecule has 0 unspecified atom stereocenters. The molecule has 0 aliphatic rings. The smallest absolute Gasteiger partial charge is 0.335 e. The van der Waals surface area contributed by atoms with Gasteiger partial charge in [0.25, 0.3) is 0 Å². The van der Waals surface area contributed by atoms with Gasteiger partial charge in [-0.05, 0) is 18.2 Å². The van der Waals surface area contributed by atoms with Gasteiger partial charge in [-0.1, -0.05) is 12.1 Å². The molecule has 0 amide bonds. The molecular weight excluding hydrogens is 206 g/mol. The molecule has 0 heterocycles. The number of benzene rings is 1. The third-order valence-electron chi connectivity index (χ3n) is 2.18. The van der Waals surface area contributed by atoms with Gasteiger partial charge in [0.15, 0.2) is 0 Å². The number of aliphatic hydroxyl groups excluding tert-OH is 1. The fourth-order valence-corrected chi connectivity index (χ4v) is 1.44. The number of aliphatic hydroxyl groups is 1. The van der Waals surface area contributed by atoms with E-state index in [2.05, 4.69) is 6.58 Å². The Labute approximate surface area is 94.4 Å². The van der Waals surface area contributed by atoms with E-state index in [4.69, 9.17) is 10.2 Å². The predicted molar refractivity (Wildman–Crippen MR) is 62.9 cm³/mol. The van der Waals surface area contributed by atoms with Crippen molar-refractivity contribution < 1.29 is 15.0 Å². The molecule has 0 aromatic heterocycles. The van der Waals surface area contributed by atoms with E-state index in [1.165, 1.54) is 6.07 Å². The van der Waals surface area contributed by atoms with Crippen LogP contribution in [0.4, 0.5) is 5.69 Å². The average Bonchev–Trinajstić information content (AvgIpc) is 2.29. The zero-order chi connectivity index (χ0) is 12.0. The summed E-state index contributed by atoms with van der Waals surface area (Å²) in [7, 11) is 0. The number of carbonyl (C=O) groups is 1. The van der Waals surface area contributed by atoms with Crippen LogP contribution >= 0.6 is 0 Å². The van der Waals surface area contributed by atoms with Crippen LogP contribution in [-0.2, 0) is 0 Å². The lowest BCUT2D eigenvalue weighted by molar-refractivity contribution is 0.0697. The number of hydrogen-bond acceptors (Lipinski definition) is 3. The lowest BCUT2D eigenvalue weighted by Crippen LogP contribution is -2.26. The SMILES string of the molecule is C=CCN(CCO)c1cccc(C(=O)O)c1. The molecule has 86 valence electrons. The minimum Gasteiger partial charge on any atom is -0.478 e. The third-order valence-corrected chi connectivity index (χ3v) is 2.18. The van der Waals surface area contributed by atoms with E-state index in [1.54, 1.807) is 18.2 Å². The summed E-state index contributed by atoms with van der Waals surface area (Å²) in [5.74, 6) is -0.954. The monoisotopic (exact) mass is 221 g/mol. The summed E-state index contributed by atoms with van der Waals surface area (Å²) >= 11 is 0. The molecule has 0 atom stereocenters. The van der Waals surface area contributed by atoms with Gasteiger partial charge in [0.05, 0.1) is 12.2 Å². The van der Waals surface area contributed by atoms with Crippen molar-refractivity contribution in [1.82, 2.24) is 0 Å². The highest BCUT2D eigenvalue weighted by Gasteiger charge is 2.07. The first-order chi connectivity index (χ1) is 7.69. The largest absolute Gasteiger partial charge is 0.478 e. The molecule has 2 N–H and O–H groups in total. The standard InChI is InChI=1S/C12H15NO3/c1-2-6-13(7-8-14)11-5-3-4-10(9-11)12(15)16/h2-5,9,14H,1,6-8H2,(H,15,16). The molecule has 0 aliphatic heterocycles. The number of nitrogens with zero attached hydrogens (tertiary/aromatic N) is 1. The third kappa shape index (κ3) is 3.10. The summed E-state index contributed by atoms with van der Waals surface area (Å²) in [6.45, 7) is 4.67. The van der Waals surface area contributed by atoms with Gasteiger partial charge in [-0.3, -0.25) is 0 Å². The second kappa shape index (κ2) is 5.92. The van der Waals surface area contributed by atoms with Crippen molar-refractivity contribution in [2.45, 2.75) is 0 Å². The van der Waals surface area contributed by atoms with E-state index in [0.717, 1.165) is 5.69 Å². The van der Waals surface area contributed by atoms with Crippen molar-refractivity contribution in [3.63, 3.8) is 0 Å². The molecule has 1 aromatic rings. The molecule has 0 spiro atoms. The van der Waals surface area contributed by atoms with Crippen LogP contribution in [0.3, 0.4) is 0 Å². The summed E-state index contributed by atoms with van der Waals surface area (Å²) in [5, 5.41) is 17.8. The lowest BCUT2D eigenvalue weighted by atomic mass is 10.2. The summed E-state index contributed by atoms with van der Waals surface area (Å²) in [6.07, 6.45) is 1.71. The van der Waals surface area contributed by atoms with Gasteiger partial charge < -0.3 is 15.1 Å². The van der Waals surface area contributed by atoms with Crippen LogP contribution < -0.4 is 4.90 Å². The lowest BCUT2D eigenvalue weighted by Gasteiger charge is -2.22. The summed E-state index contributed by atoms with van der Waals surface area (Å²) in [4.78, 5) is 12.7. The number of aromatic carboxylic acids is 1. The Bertz CT molecular complexity index is 376. The van der Waals surface area contributed by atoms with Crippen molar-refractivity contribution in [3.05, 3.63) is 42.5 Å². The van der Waals surface area contributed by atoms with Gasteiger partial charge in [0, 0.05) is 18.8 Å². The van der Waals surface area contributed by atoms with Crippen LogP contribution in [-0.4, -0.2) is 35.9 Å². The molecular formula is C12H15NO3. The minimum absolute atomic E-state index is 0.0190. The highest BCUT2D eigenvalue weighted by Crippen LogP contribution is 2.16. The highest BCUT2D eigenvalue weighted by atomic mass is 16.4. The molecule has 1 aromatic carbocycles. The molecule has 0 bridgehead atoms. The van der Waals surface area contributed by atoms with Crippen molar-refractivity contribution in [1.29, 1.82) is 0 Å². The molecule has 0 saturated carbocycles. The van der Waals surface area contributed by atoms with E-state index >= 15 is 0 Å². The Morgan fingerprint density at radius 1 is 1.50 bits per heavy atom. The zero-order valence-corrected chi connectivity index (χ0v) is 8.97. The average molecular weight is 221 g/mol. The Kier molecular flexibility index (Phi) is 4.54. The first-order valence-corrected chi connectivity index (χ1v) is 4.99. The van der Waals surface area contributed by atoms with E-state index in [1.807, 2.05) is 11.0 Å². The fraction of sp³-hybridized carbons (Fsp3) is 0.250. The van der Waals surface area contributed by atoms with E-state index in [0.29, 0.717) is 13.1 Å². The van der Waals surface area contributed by atoms with Crippen LogP contribution in [0.2, 0.25) is 0 Å². The van der Waals surface area contributed by atoms with Crippen LogP contribution in [0.1, 0.15) is 10.4 Å². The van der Waals surface area contributed by atoms with Gasteiger partial charge in [-0.25, -0.2) is 4.79 Å². The van der Waals surface area contributed by atoms with Gasteiger partial charge >= 0.3 is 5.97 Å². The first kappa shape index (κ1) is 12.3. The van der Waals surface area contributed by atoms with E-state index < -0.39 is 5.97 Å². The Hall–Kier alpha value is -1.81. The minimum atomic E-state index is -0.954. The number of carboxylic acids is 1. The highest BCUT2D eigenvalue weighted by molar-refractivity contribution is 5.88. The van der Waals surface area contributed by atoms with Crippen LogP contribution in [0.5, 0.6) is 0 Å². The number of carboxylic acid groups (broad SMARTS) is 1. The zero-order valence-electron chi connectivity index (χ0n) is 8.97. The molecule has 1 rings (SSSR count). The molecule has 0 aliphatic carbocycles. The van der Waals surface area contributed by atoms with Crippen molar-refractivity contribution in [2.75, 3.05) is 24.6 Å². The van der Waals surface area contributed by atoms with Gasteiger partial charge in [-0.2, -0.15) is 0 Å². The maximum absolute atomic E-state index is 10.8. The molecule has 0 radical (unpaired) electrons. The molecule has 0 saturated heterocycles. The van der Waals surface area contributed by atoms with Crippen molar-refractivity contribution in [2.24, 2.45) is 0 Å². The Morgan fingerprint density at radius 3 is 2.81 bits per heavy atom. The molecule has 4 nitrogen and oxygen atoms in total. The van der Waals surface area contributed by atoms with Crippen LogP contribution in [0.15, 0.2) is 36.9 Å². The summed E-state index contributed by atoms with van der Waals surface area (Å²) in [5.41, 5.74) is 1.01. The van der Waals surface area contributed by atoms with Gasteiger partial charge in [0.2, 0.25) is 0 Å². The quantitative estimate of drug-likeness (QED) is 0.712. The summed E-state index contributed by atoms with van der Waals surface area (Å²) in [6, 6.07) is 6.62. The van der Waals surface area contributed by atoms with Gasteiger partial charge in [-0.15, -0.1) is 6.58 Å². The van der Waals surface area contributed by atoms with Crippen LogP contribution in [0, 0.1) is 0 Å². The van der Waals surface area contributed by atoms with Crippen molar-refractivity contribution >= 4 is 11.7 Å². The normalized spacial score (nSPS) is 9.81. The van der Waals surface area contributed by atoms with Crippen LogP contribution in [0.25, 0.3) is 0 Å². The molecule has 4 heteroatoms. The Morgan fingerprint density at radius 2 is 2.25 bits per heavy atom. The maximum atomic E-state index is 10.8. The van der Waals surface area contributed by atoms with Crippen molar-refractivity contribution in [3.8, 4) is 0 Å². The second-order valence-electron chi connectivity index (χ2n) is 3.31. The number of hydrogen-bond donors (Lipinski definition) is 2. The molecule has 16 heavy (non-hydrogen) atoms. The fourth-order valence-electron chi connectivity index (χ4n) is 1.44. The summed E-state index contributed by atoms with van der Waals surface area (Å²) < 4.78 is 0. The van der Waals surface area contributed by atoms with E-state index in [-0.39, 0.29) is 12.2 Å². The number of anilines is 1. The molecule has 0 fully saturated rings. The Balaban J connectivity index is 2.94. The first-order valence-electron chi connectivity index (χ1n) is 4.99. The predicted octanol–water partition coefficient (Wildman–Crippen LogP) is 1.37. The van der Waals surface area contributed by atoms with E-state index in [9.17, 15) is 4.79 Å². The second-order valence-corrected chi connectivity index (χ2v) is 3.31. The topological polar surface area (TPSA) is 60.8 Å². The maximum Gasteiger partial charge on any atom is 0.335 e. The number of rotatable bonds is 6. The van der Waals surface area contributed by atoms with Gasteiger partial charge in [0.1, 0.15) is 0 Å².